The van der Waals surface area contributed by atoms with Crippen molar-refractivity contribution < 1.29 is 0 Å². The molecule has 0 heterocycles. The first kappa shape index (κ1) is 75.0. The van der Waals surface area contributed by atoms with E-state index in [1.807, 2.05) is 0 Å². The van der Waals surface area contributed by atoms with E-state index in [9.17, 15) is 0 Å². The van der Waals surface area contributed by atoms with Crippen LogP contribution >= 0.6 is 0 Å². The molecule has 546 valence electrons. The van der Waals surface area contributed by atoms with E-state index >= 15 is 0 Å². The van der Waals surface area contributed by atoms with Crippen molar-refractivity contribution in [2.75, 3.05) is 9.80 Å². The van der Waals surface area contributed by atoms with Gasteiger partial charge in [-0.3, -0.25) is 0 Å². The predicted octanol–water partition coefficient (Wildman–Crippen LogP) is 31.9. The van der Waals surface area contributed by atoms with Crippen molar-refractivity contribution in [3.63, 3.8) is 0 Å². The SMILES string of the molecule is CCCCCCCCC1(CCCCCCCC)c2ccccc2-c2ccc(-c3ccc(N(c4ccc(C)cc4)c4ccc5c(c4)C(CCCCCCCC)(CCCCCCCC)c4cc(N(c6ccc(C)cc6)c6ccc(-c7ccc8c(c7)C(C)(C)c7cc(C(C)CC)ccc7-8)cc6)ccc4-5)cc3)cc21. The minimum Gasteiger partial charge on any atom is -0.310 e. The fraction of sp³-hybridized carbons (Fsp3) is 0.417. The number of unbranched alkanes of at least 4 members (excludes halogenated alkanes) is 20. The van der Waals surface area contributed by atoms with E-state index in [4.69, 9.17) is 0 Å². The van der Waals surface area contributed by atoms with E-state index in [0.29, 0.717) is 5.92 Å². The summed E-state index contributed by atoms with van der Waals surface area (Å²) in [7, 11) is 0. The lowest BCUT2D eigenvalue weighted by molar-refractivity contribution is 0.398. The highest BCUT2D eigenvalue weighted by molar-refractivity contribution is 5.91. The summed E-state index contributed by atoms with van der Waals surface area (Å²) in [4.78, 5) is 5.11. The molecule has 0 amide bonds. The summed E-state index contributed by atoms with van der Waals surface area (Å²) >= 11 is 0. The number of rotatable bonds is 38. The lowest BCUT2D eigenvalue weighted by atomic mass is 9.70. The summed E-state index contributed by atoms with van der Waals surface area (Å²) in [6.07, 6.45) is 37.1. The van der Waals surface area contributed by atoms with Gasteiger partial charge in [-0.2, -0.15) is 0 Å². The van der Waals surface area contributed by atoms with Crippen LogP contribution in [0.2, 0.25) is 0 Å². The van der Waals surface area contributed by atoms with Crippen LogP contribution in [-0.2, 0) is 16.2 Å². The molecule has 0 aromatic heterocycles. The Hall–Kier alpha value is -8.20. The van der Waals surface area contributed by atoms with Crippen molar-refractivity contribution in [2.24, 2.45) is 0 Å². The van der Waals surface area contributed by atoms with Crippen LogP contribution in [0.1, 0.15) is 298 Å². The zero-order valence-electron chi connectivity index (χ0n) is 66.2. The van der Waals surface area contributed by atoms with Crippen LogP contribution in [0.4, 0.5) is 34.1 Å². The molecular formula is C103H124N2. The first-order valence-electron chi connectivity index (χ1n) is 42.1. The van der Waals surface area contributed by atoms with Crippen molar-refractivity contribution in [2.45, 2.75) is 278 Å². The second kappa shape index (κ2) is 34.6. The highest BCUT2D eigenvalue weighted by Gasteiger charge is 2.45. The Morgan fingerprint density at radius 2 is 0.562 bits per heavy atom. The zero-order chi connectivity index (χ0) is 72.9. The minimum absolute atomic E-state index is 0.0371. The molecule has 3 aliphatic rings. The Morgan fingerprint density at radius 3 is 0.971 bits per heavy atom. The molecule has 2 nitrogen and oxygen atoms in total. The van der Waals surface area contributed by atoms with Crippen molar-refractivity contribution >= 4 is 34.1 Å². The van der Waals surface area contributed by atoms with Gasteiger partial charge in [0.25, 0.3) is 0 Å². The van der Waals surface area contributed by atoms with Crippen molar-refractivity contribution in [1.29, 1.82) is 0 Å². The number of anilines is 6. The molecule has 3 aliphatic carbocycles. The van der Waals surface area contributed by atoms with E-state index in [0.717, 1.165) is 19.3 Å². The number of fused-ring (bicyclic) bond motifs is 9. The van der Waals surface area contributed by atoms with E-state index < -0.39 is 0 Å². The molecule has 13 rings (SSSR count). The maximum Gasteiger partial charge on any atom is 0.0465 e. The molecule has 0 N–H and O–H groups in total. The fourth-order valence-electron chi connectivity index (χ4n) is 18.9. The lowest BCUT2D eigenvalue weighted by Gasteiger charge is -2.35. The van der Waals surface area contributed by atoms with Gasteiger partial charge in [0.2, 0.25) is 0 Å². The van der Waals surface area contributed by atoms with Crippen LogP contribution in [0.5, 0.6) is 0 Å². The van der Waals surface area contributed by atoms with E-state index in [1.165, 1.54) is 296 Å². The van der Waals surface area contributed by atoms with E-state index in [1.54, 1.807) is 11.1 Å². The topological polar surface area (TPSA) is 6.48 Å². The van der Waals surface area contributed by atoms with Gasteiger partial charge >= 0.3 is 0 Å². The average Bonchev–Trinajstić information content (AvgIpc) is 1.65. The van der Waals surface area contributed by atoms with E-state index in [-0.39, 0.29) is 16.2 Å². The maximum absolute atomic E-state index is 2.67. The minimum atomic E-state index is -0.179. The van der Waals surface area contributed by atoms with Crippen LogP contribution in [0.3, 0.4) is 0 Å². The number of benzene rings is 10. The molecule has 0 spiro atoms. The van der Waals surface area contributed by atoms with E-state index in [2.05, 4.69) is 291 Å². The molecule has 10 aromatic rings. The van der Waals surface area contributed by atoms with Gasteiger partial charge in [-0.15, -0.1) is 0 Å². The van der Waals surface area contributed by atoms with Gasteiger partial charge in [-0.05, 0) is 231 Å². The second-order valence-electron chi connectivity index (χ2n) is 32.9. The quantitative estimate of drug-likeness (QED) is 0.0356. The smallest absolute Gasteiger partial charge is 0.0465 e. The number of hydrogen-bond donors (Lipinski definition) is 0. The molecule has 1 unspecified atom stereocenters. The first-order chi connectivity index (χ1) is 51.3. The largest absolute Gasteiger partial charge is 0.310 e. The molecule has 0 aliphatic heterocycles. The third-order valence-electron chi connectivity index (χ3n) is 25.3. The number of hydrogen-bond acceptors (Lipinski definition) is 2. The molecule has 10 aromatic carbocycles. The number of nitrogens with zero attached hydrogens (tertiary/aromatic N) is 2. The van der Waals surface area contributed by atoms with Crippen LogP contribution in [0, 0.1) is 13.8 Å². The van der Waals surface area contributed by atoms with Gasteiger partial charge in [-0.1, -0.05) is 348 Å². The standard InChI is InChI=1S/C103H124N2/c1-11-16-20-24-28-34-66-102(67-35-29-25-21-17-12-2)95-39-33-32-38-89(95)92-63-50-82(72-98(92)102)79-46-57-86(58-47-79)105(84-53-42-76(7)43-54-84)88-60-65-94-93-64-59-87(73-99(93)103(100(94)74-88,68-36-30-26-22-18-13-3)69-37-31-27-23-19-14-4)104(83-51-40-75(6)41-52-83)85-55-44-78(45-56-85)81-49-62-91-90-61-48-80(77(8)15-5)70-96(90)101(9,10)97(91)71-81/h32-33,38-65,70-74,77H,11-31,34-37,66-69H2,1-10H3. The lowest BCUT2D eigenvalue weighted by Crippen LogP contribution is -2.26. The monoisotopic (exact) mass is 1390 g/mol. The fourth-order valence-corrected chi connectivity index (χ4v) is 18.9. The zero-order valence-corrected chi connectivity index (χ0v) is 66.2. The predicted molar refractivity (Wildman–Crippen MR) is 457 cm³/mol. The van der Waals surface area contributed by atoms with Gasteiger partial charge in [0.1, 0.15) is 0 Å². The van der Waals surface area contributed by atoms with Crippen molar-refractivity contribution in [1.82, 2.24) is 0 Å². The maximum atomic E-state index is 2.67. The van der Waals surface area contributed by atoms with Crippen LogP contribution < -0.4 is 9.80 Å². The van der Waals surface area contributed by atoms with Gasteiger partial charge in [-0.25, -0.2) is 0 Å². The molecule has 0 saturated heterocycles. The second-order valence-corrected chi connectivity index (χ2v) is 32.9. The molecular weight excluding hydrogens is 1270 g/mol. The Balaban J connectivity index is 0.876. The summed E-state index contributed by atoms with van der Waals surface area (Å²) in [6.45, 7) is 23.3. The molecule has 0 fully saturated rings. The highest BCUT2D eigenvalue weighted by Crippen LogP contribution is 2.59. The van der Waals surface area contributed by atoms with Gasteiger partial charge < -0.3 is 9.80 Å². The summed E-state index contributed by atoms with van der Waals surface area (Å²) in [5, 5.41) is 0. The summed E-state index contributed by atoms with van der Waals surface area (Å²) < 4.78 is 0. The highest BCUT2D eigenvalue weighted by atomic mass is 15.1. The molecule has 0 radical (unpaired) electrons. The molecule has 2 heteroatoms. The molecule has 0 bridgehead atoms. The van der Waals surface area contributed by atoms with Gasteiger partial charge in [0, 0.05) is 50.4 Å². The van der Waals surface area contributed by atoms with Crippen molar-refractivity contribution in [3.05, 3.63) is 262 Å². The van der Waals surface area contributed by atoms with Crippen LogP contribution in [0.25, 0.3) is 55.6 Å². The van der Waals surface area contributed by atoms with Crippen LogP contribution in [-0.4, -0.2) is 0 Å². The third kappa shape index (κ3) is 16.0. The first-order valence-corrected chi connectivity index (χ1v) is 42.1. The van der Waals surface area contributed by atoms with Crippen molar-refractivity contribution in [3.8, 4) is 55.6 Å². The average molecular weight is 1390 g/mol. The Labute approximate surface area is 635 Å². The summed E-state index contributed by atoms with van der Waals surface area (Å²) in [5.41, 5.74) is 33.6. The Morgan fingerprint density at radius 1 is 0.267 bits per heavy atom. The van der Waals surface area contributed by atoms with Gasteiger partial charge in [0.05, 0.1) is 0 Å². The van der Waals surface area contributed by atoms with Crippen LogP contribution in [0.15, 0.2) is 212 Å². The Kier molecular flexibility index (Phi) is 24.7. The normalized spacial score (nSPS) is 14.2. The molecule has 1 atom stereocenters. The summed E-state index contributed by atoms with van der Waals surface area (Å²) in [6, 6.07) is 84.6. The molecule has 0 saturated carbocycles. The Bertz CT molecular complexity index is 4450. The third-order valence-corrected chi connectivity index (χ3v) is 25.3. The number of aryl methyl sites for hydroxylation is 2. The molecule has 105 heavy (non-hydrogen) atoms. The van der Waals surface area contributed by atoms with Gasteiger partial charge in [0.15, 0.2) is 0 Å². The summed E-state index contributed by atoms with van der Waals surface area (Å²) in [5.74, 6) is 0.544.